The summed E-state index contributed by atoms with van der Waals surface area (Å²) in [5.41, 5.74) is 3.10. The van der Waals surface area contributed by atoms with Crippen molar-refractivity contribution in [2.75, 3.05) is 17.3 Å². The van der Waals surface area contributed by atoms with Gasteiger partial charge in [-0.15, -0.1) is 23.2 Å². The summed E-state index contributed by atoms with van der Waals surface area (Å²) in [6.07, 6.45) is 1.98. The molecule has 2 aliphatic carbocycles. The lowest BCUT2D eigenvalue weighted by atomic mass is 9.56. The predicted octanol–water partition coefficient (Wildman–Crippen LogP) is 6.48. The summed E-state index contributed by atoms with van der Waals surface area (Å²) >= 11 is 14.6. The first kappa shape index (κ1) is 29.7. The minimum absolute atomic E-state index is 0.0785. The maximum absolute atomic E-state index is 14.3. The molecule has 1 saturated carbocycles. The van der Waals surface area contributed by atoms with E-state index in [1.54, 1.807) is 30.3 Å². The summed E-state index contributed by atoms with van der Waals surface area (Å²) in [6, 6.07) is 27.5. The Morgan fingerprint density at radius 3 is 2.21 bits per heavy atom. The highest BCUT2D eigenvalue weighted by molar-refractivity contribution is 6.53. The molecule has 8 rings (SSSR count). The average Bonchev–Trinajstić information content (AvgIpc) is 3.41. The van der Waals surface area contributed by atoms with Gasteiger partial charge in [0.25, 0.3) is 11.8 Å². The number of amides is 4. The Balaban J connectivity index is 1.21. The molecule has 0 radical (unpaired) electrons. The van der Waals surface area contributed by atoms with Crippen molar-refractivity contribution < 1.29 is 24.3 Å². The monoisotopic (exact) mass is 665 g/mol. The molecule has 2 saturated heterocycles. The molecule has 0 aromatic heterocycles. The van der Waals surface area contributed by atoms with Crippen molar-refractivity contribution >= 4 is 74.7 Å². The van der Waals surface area contributed by atoms with Crippen LogP contribution in [0.25, 0.3) is 10.8 Å². The lowest BCUT2D eigenvalue weighted by molar-refractivity contribution is -0.138. The number of carbonyl (C=O) groups excluding carboxylic acids is 4. The fourth-order valence-corrected chi connectivity index (χ4v) is 9.24. The highest BCUT2D eigenvalue weighted by atomic mass is 35.5. The number of carbonyl (C=O) groups is 4. The standard InChI is InChI=1S/C37H29Cl2N3O5/c1-41-34(46)36(38)19-28-25(30(37(36,39)35(41)47)27-16-11-20-7-5-6-10-24(20)31(27)43)17-18-26-29(28)33(45)42(32(26)44)23-14-12-22(13-15-23)40-21-8-3-2-4-9-21/h2-17,26,28-30,40,43H,18-19H2,1H3/t26-,28+,29-,30+,36+,37-/m0/s1. The van der Waals surface area contributed by atoms with Crippen molar-refractivity contribution in [2.24, 2.45) is 17.8 Å². The van der Waals surface area contributed by atoms with E-state index in [0.717, 1.165) is 21.7 Å². The van der Waals surface area contributed by atoms with Crippen molar-refractivity contribution in [3.05, 3.63) is 108 Å². The second kappa shape index (κ2) is 10.4. The zero-order chi connectivity index (χ0) is 32.8. The molecule has 10 heteroatoms. The van der Waals surface area contributed by atoms with Crippen LogP contribution in [0.15, 0.2) is 103 Å². The van der Waals surface area contributed by atoms with Crippen molar-refractivity contribution in [3.8, 4) is 5.75 Å². The number of alkyl halides is 2. The van der Waals surface area contributed by atoms with E-state index in [9.17, 15) is 24.3 Å². The number of likely N-dealkylation sites (tertiary alicyclic amines) is 1. The first-order valence-electron chi connectivity index (χ1n) is 15.5. The Bertz CT molecular complexity index is 2050. The molecule has 0 spiro atoms. The first-order chi connectivity index (χ1) is 22.6. The van der Waals surface area contributed by atoms with E-state index < -0.39 is 51.1 Å². The van der Waals surface area contributed by atoms with Crippen LogP contribution in [-0.2, 0) is 19.2 Å². The molecule has 2 heterocycles. The van der Waals surface area contributed by atoms with Gasteiger partial charge in [-0.05, 0) is 60.5 Å². The van der Waals surface area contributed by atoms with Gasteiger partial charge >= 0.3 is 0 Å². The molecule has 6 atom stereocenters. The molecule has 47 heavy (non-hydrogen) atoms. The molecular formula is C37H29Cl2N3O5. The average molecular weight is 667 g/mol. The van der Waals surface area contributed by atoms with E-state index in [4.69, 9.17) is 23.2 Å². The zero-order valence-corrected chi connectivity index (χ0v) is 26.7. The summed E-state index contributed by atoms with van der Waals surface area (Å²) in [5, 5.41) is 16.3. The smallest absolute Gasteiger partial charge is 0.253 e. The molecule has 2 aliphatic heterocycles. The third-order valence-electron chi connectivity index (χ3n) is 10.4. The summed E-state index contributed by atoms with van der Waals surface area (Å²) in [6.45, 7) is 0. The Labute approximate surface area is 280 Å². The highest BCUT2D eigenvalue weighted by Gasteiger charge is 2.76. The van der Waals surface area contributed by atoms with Crippen LogP contribution >= 0.6 is 23.2 Å². The van der Waals surface area contributed by atoms with E-state index >= 15 is 0 Å². The number of phenolic OH excluding ortho intramolecular Hbond substituents is 1. The van der Waals surface area contributed by atoms with Crippen LogP contribution in [0.4, 0.5) is 17.1 Å². The zero-order valence-electron chi connectivity index (χ0n) is 25.2. The largest absolute Gasteiger partial charge is 0.507 e. The van der Waals surface area contributed by atoms with Gasteiger partial charge in [-0.25, -0.2) is 0 Å². The molecule has 2 N–H and O–H groups in total. The Kier molecular flexibility index (Phi) is 6.59. The maximum Gasteiger partial charge on any atom is 0.253 e. The van der Waals surface area contributed by atoms with Crippen molar-refractivity contribution in [2.45, 2.75) is 28.5 Å². The third-order valence-corrected chi connectivity index (χ3v) is 11.9. The molecule has 3 fully saturated rings. The number of benzene rings is 4. The van der Waals surface area contributed by atoms with E-state index in [1.165, 1.54) is 11.9 Å². The molecule has 4 amide bonds. The lowest BCUT2D eigenvalue weighted by Gasteiger charge is -2.50. The van der Waals surface area contributed by atoms with Crippen LogP contribution in [0.5, 0.6) is 5.75 Å². The summed E-state index contributed by atoms with van der Waals surface area (Å²) in [5.74, 6) is -5.37. The van der Waals surface area contributed by atoms with Crippen molar-refractivity contribution in [3.63, 3.8) is 0 Å². The van der Waals surface area contributed by atoms with Gasteiger partial charge < -0.3 is 10.4 Å². The number of anilines is 3. The molecule has 8 nitrogen and oxygen atoms in total. The summed E-state index contributed by atoms with van der Waals surface area (Å²) < 4.78 is 0. The van der Waals surface area contributed by atoms with E-state index in [2.05, 4.69) is 5.32 Å². The number of nitrogens with zero attached hydrogens (tertiary/aromatic N) is 2. The SMILES string of the molecule is CN1C(=O)[C@]2(Cl)C[C@@H]3C(=CC[C@@H]4C(=O)N(c5ccc(Nc6ccccc6)cc5)C(=O)[C@@H]43)[C@H](c3ccc4ccccc4c3O)[C@]2(Cl)C1=O. The van der Waals surface area contributed by atoms with Crippen LogP contribution in [0.3, 0.4) is 0 Å². The quantitative estimate of drug-likeness (QED) is 0.147. The molecule has 4 aromatic rings. The van der Waals surface area contributed by atoms with Crippen LogP contribution < -0.4 is 10.2 Å². The summed E-state index contributed by atoms with van der Waals surface area (Å²) in [4.78, 5) is 54.2. The minimum atomic E-state index is -1.97. The van der Waals surface area contributed by atoms with Gasteiger partial charge in [-0.1, -0.05) is 66.2 Å². The molecule has 0 unspecified atom stereocenters. The Morgan fingerprint density at radius 1 is 0.787 bits per heavy atom. The first-order valence-corrected chi connectivity index (χ1v) is 16.2. The third kappa shape index (κ3) is 4.01. The number of nitrogens with one attached hydrogen (secondary N) is 1. The van der Waals surface area contributed by atoms with Gasteiger partial charge in [0, 0.05) is 35.3 Å². The van der Waals surface area contributed by atoms with E-state index in [0.29, 0.717) is 22.2 Å². The number of phenols is 1. The van der Waals surface area contributed by atoms with Crippen LogP contribution in [0.1, 0.15) is 24.3 Å². The lowest BCUT2D eigenvalue weighted by Crippen LogP contribution is -2.60. The number of para-hydroxylation sites is 1. The van der Waals surface area contributed by atoms with Crippen LogP contribution in [0, 0.1) is 17.8 Å². The molecular weight excluding hydrogens is 637 g/mol. The Morgan fingerprint density at radius 2 is 1.47 bits per heavy atom. The van der Waals surface area contributed by atoms with Crippen molar-refractivity contribution in [1.82, 2.24) is 4.90 Å². The van der Waals surface area contributed by atoms with Gasteiger partial charge in [0.15, 0.2) is 9.75 Å². The van der Waals surface area contributed by atoms with Gasteiger partial charge in [0.1, 0.15) is 5.75 Å². The number of rotatable bonds is 4. The van der Waals surface area contributed by atoms with Crippen LogP contribution in [0.2, 0.25) is 0 Å². The second-order valence-corrected chi connectivity index (χ2v) is 14.0. The number of hydrogen-bond donors (Lipinski definition) is 2. The Hall–Kier alpha value is -4.66. The van der Waals surface area contributed by atoms with Crippen LogP contribution in [-0.4, -0.2) is 50.4 Å². The van der Waals surface area contributed by atoms with Crippen molar-refractivity contribution in [1.29, 1.82) is 0 Å². The number of imide groups is 2. The van der Waals surface area contributed by atoms with E-state index in [-0.39, 0.29) is 24.5 Å². The van der Waals surface area contributed by atoms with Gasteiger partial charge in [-0.2, -0.15) is 0 Å². The maximum atomic E-state index is 14.3. The topological polar surface area (TPSA) is 107 Å². The number of hydrogen-bond acceptors (Lipinski definition) is 6. The number of allylic oxidation sites excluding steroid dienone is 2. The van der Waals surface area contributed by atoms with Gasteiger partial charge in [-0.3, -0.25) is 29.0 Å². The molecule has 4 aromatic carbocycles. The number of halogens is 2. The van der Waals surface area contributed by atoms with Gasteiger partial charge in [0.2, 0.25) is 11.8 Å². The molecule has 236 valence electrons. The number of fused-ring (bicyclic) bond motifs is 5. The highest BCUT2D eigenvalue weighted by Crippen LogP contribution is 2.66. The summed E-state index contributed by atoms with van der Waals surface area (Å²) in [7, 11) is 1.34. The molecule has 0 bridgehead atoms. The fourth-order valence-electron chi connectivity index (χ4n) is 8.23. The minimum Gasteiger partial charge on any atom is -0.507 e. The van der Waals surface area contributed by atoms with E-state index in [1.807, 2.05) is 66.7 Å². The molecule has 4 aliphatic rings. The van der Waals surface area contributed by atoms with Gasteiger partial charge in [0.05, 0.1) is 17.5 Å². The second-order valence-electron chi connectivity index (χ2n) is 12.8. The number of aromatic hydroxyl groups is 1. The predicted molar refractivity (Wildman–Crippen MR) is 180 cm³/mol. The normalized spacial score (nSPS) is 29.9. The fraction of sp³-hybridized carbons (Fsp3) is 0.243.